The van der Waals surface area contributed by atoms with Crippen molar-refractivity contribution in [3.8, 4) is 5.82 Å². The van der Waals surface area contributed by atoms with Gasteiger partial charge in [-0.3, -0.25) is 9.56 Å². The molecule has 4 N–H and O–H groups in total. The zero-order valence-electron chi connectivity index (χ0n) is 32.4. The molecule has 11 rings (SSSR count). The van der Waals surface area contributed by atoms with Crippen molar-refractivity contribution >= 4 is 85.2 Å². The lowest BCUT2D eigenvalue weighted by Gasteiger charge is -2.30. The molecule has 0 amide bonds. The predicted octanol–water partition coefficient (Wildman–Crippen LogP) is 9.04. The number of piperidine rings is 2. The van der Waals surface area contributed by atoms with Gasteiger partial charge >= 0.3 is 0 Å². The second-order valence-corrected chi connectivity index (χ2v) is 15.4. The molecule has 2 aliphatic rings. The van der Waals surface area contributed by atoms with Crippen LogP contribution in [-0.4, -0.2) is 76.2 Å². The fourth-order valence-corrected chi connectivity index (χ4v) is 9.00. The van der Waals surface area contributed by atoms with Gasteiger partial charge in [0, 0.05) is 84.6 Å². The number of hydrogen-bond acceptors (Lipinski definition) is 10. The highest BCUT2D eigenvalue weighted by atomic mass is 15.2. The number of nitrogens with zero attached hydrogens (tertiary/aromatic N) is 10. The first-order chi connectivity index (χ1) is 28.7. The molecule has 14 nitrogen and oxygen atoms in total. The molecule has 0 saturated carbocycles. The van der Waals surface area contributed by atoms with Crippen LogP contribution < -0.4 is 20.4 Å². The Balaban J connectivity index is 1.08. The maximum atomic E-state index is 5.21. The van der Waals surface area contributed by atoms with Gasteiger partial charge in [-0.25, -0.2) is 24.3 Å². The molecule has 8 heterocycles. The first kappa shape index (κ1) is 34.3. The van der Waals surface area contributed by atoms with Crippen LogP contribution in [0.3, 0.4) is 0 Å². The van der Waals surface area contributed by atoms with Crippen molar-refractivity contribution in [1.82, 2.24) is 43.9 Å². The fourth-order valence-electron chi connectivity index (χ4n) is 9.00. The summed E-state index contributed by atoms with van der Waals surface area (Å²) in [6.07, 6.45) is 17.0. The summed E-state index contributed by atoms with van der Waals surface area (Å²) in [5.74, 6) is 3.62. The van der Waals surface area contributed by atoms with Gasteiger partial charge in [-0.1, -0.05) is 6.07 Å². The molecule has 0 aliphatic carbocycles. The van der Waals surface area contributed by atoms with Crippen LogP contribution in [0.2, 0.25) is 0 Å². The summed E-state index contributed by atoms with van der Waals surface area (Å²) < 4.78 is 4.07. The molecule has 0 spiro atoms. The number of benzene rings is 2. The van der Waals surface area contributed by atoms with E-state index in [4.69, 9.17) is 24.9 Å². The van der Waals surface area contributed by atoms with Gasteiger partial charge in [0.25, 0.3) is 0 Å². The van der Waals surface area contributed by atoms with Crippen LogP contribution in [0, 0.1) is 0 Å². The number of aromatic amines is 2. The Labute approximate surface area is 334 Å². The Hall–Kier alpha value is -6.96. The molecule has 0 unspecified atom stereocenters. The first-order valence-electron chi connectivity index (χ1n) is 20.4. The van der Waals surface area contributed by atoms with E-state index < -0.39 is 0 Å². The van der Waals surface area contributed by atoms with Crippen molar-refractivity contribution in [3.63, 3.8) is 0 Å². The molecule has 14 heteroatoms. The predicted molar refractivity (Wildman–Crippen MR) is 233 cm³/mol. The molecule has 58 heavy (non-hydrogen) atoms. The van der Waals surface area contributed by atoms with Gasteiger partial charge in [-0.2, -0.15) is 4.98 Å². The Bertz CT molecular complexity index is 2910. The zero-order chi connectivity index (χ0) is 38.6. The minimum absolute atomic E-state index is 0.518. The average molecular weight is 769 g/mol. The van der Waals surface area contributed by atoms with E-state index in [-0.39, 0.29) is 0 Å². The maximum absolute atomic E-state index is 5.21. The van der Waals surface area contributed by atoms with E-state index in [1.165, 1.54) is 49.9 Å². The number of H-pyrrole nitrogens is 2. The van der Waals surface area contributed by atoms with E-state index in [1.54, 1.807) is 6.33 Å². The Morgan fingerprint density at radius 2 is 1.36 bits per heavy atom. The standard InChI is InChI=1S/C44H44N14/c1-2-45-33-21-28(55-17-5-3-6-18-55)22-34(51-38-11-9-15-46-38)32(33)25-35-30-13-14-31-40(30)58-43(53-35)48-26-49-44(58)54-42(31)57-27-50-36-23-29(56-19-7-4-8-20-56)24-37(41(36)57)52-39-12-10-16-47-39/h2,9-16,21-24,26-27,46-47,51-52H,3-8,17-20,25H2,1H3. The number of imidazole rings is 1. The smallest absolute Gasteiger partial charge is 0.240 e. The SMILES string of the molecule is CC=Nc1cc(N2CCCCC2)cc(Nc2ccc[nH]2)c1Cc1nc2ncnc3nc(-n4cnc5cc(N6CCCCC6)cc(Nc6ccc[nH]6)c54)c4ccc1c4n23. The van der Waals surface area contributed by atoms with E-state index in [2.05, 4.69) is 76.4 Å². The topological polar surface area (TPSA) is 148 Å². The number of anilines is 6. The number of nitrogens with one attached hydrogen (secondary N) is 4. The third-order valence-corrected chi connectivity index (χ3v) is 11.7. The molecule has 2 saturated heterocycles. The Morgan fingerprint density at radius 1 is 0.707 bits per heavy atom. The average Bonchev–Trinajstić information content (AvgIpc) is 4.11. The van der Waals surface area contributed by atoms with Crippen molar-refractivity contribution in [2.24, 2.45) is 4.99 Å². The lowest BCUT2D eigenvalue weighted by atomic mass is 10.0. The Kier molecular flexibility index (Phi) is 8.40. The summed E-state index contributed by atoms with van der Waals surface area (Å²) in [7, 11) is 0. The summed E-state index contributed by atoms with van der Waals surface area (Å²) >= 11 is 0. The largest absolute Gasteiger partial charge is 0.371 e. The highest BCUT2D eigenvalue weighted by Crippen LogP contribution is 2.41. The minimum atomic E-state index is 0.518. The van der Waals surface area contributed by atoms with Crippen LogP contribution in [0.25, 0.3) is 44.7 Å². The van der Waals surface area contributed by atoms with Crippen molar-refractivity contribution in [2.75, 3.05) is 46.6 Å². The van der Waals surface area contributed by atoms with Crippen LogP contribution in [0.5, 0.6) is 0 Å². The van der Waals surface area contributed by atoms with Gasteiger partial charge in [0.05, 0.1) is 33.6 Å². The molecule has 6 aromatic heterocycles. The summed E-state index contributed by atoms with van der Waals surface area (Å²) in [5.41, 5.74) is 9.96. The summed E-state index contributed by atoms with van der Waals surface area (Å²) in [6, 6.07) is 21.3. The van der Waals surface area contributed by atoms with Crippen molar-refractivity contribution < 1.29 is 0 Å². The number of fused-ring (bicyclic) bond motifs is 1. The van der Waals surface area contributed by atoms with E-state index in [9.17, 15) is 0 Å². The molecule has 0 atom stereocenters. The molecule has 0 bridgehead atoms. The van der Waals surface area contributed by atoms with Gasteiger partial charge < -0.3 is 30.4 Å². The number of hydrogen-bond donors (Lipinski definition) is 4. The summed E-state index contributed by atoms with van der Waals surface area (Å²) in [5, 5.41) is 9.33. The molecule has 3 aromatic carbocycles. The normalized spacial score (nSPS) is 15.3. The molecular weight excluding hydrogens is 725 g/mol. The second kappa shape index (κ2) is 14.2. The monoisotopic (exact) mass is 768 g/mol. The third kappa shape index (κ3) is 5.94. The van der Waals surface area contributed by atoms with Crippen LogP contribution >= 0.6 is 0 Å². The van der Waals surface area contributed by atoms with Crippen LogP contribution in [0.4, 0.5) is 40.1 Å². The molecule has 2 aliphatic heterocycles. The third-order valence-electron chi connectivity index (χ3n) is 11.7. The highest BCUT2D eigenvalue weighted by Gasteiger charge is 2.25. The first-order valence-corrected chi connectivity index (χ1v) is 20.4. The number of aromatic nitrogens is 9. The lowest BCUT2D eigenvalue weighted by Crippen LogP contribution is -2.29. The van der Waals surface area contributed by atoms with Gasteiger partial charge in [0.1, 0.15) is 24.3 Å². The molecule has 9 aromatic rings. The number of aliphatic imine (C=N–C) groups is 1. The fraction of sp³-hybridized carbons (Fsp3) is 0.273. The molecule has 0 radical (unpaired) electrons. The summed E-state index contributed by atoms with van der Waals surface area (Å²) in [6.45, 7) is 6.13. The number of rotatable bonds is 10. The lowest BCUT2D eigenvalue weighted by molar-refractivity contribution is 0.578. The summed E-state index contributed by atoms with van der Waals surface area (Å²) in [4.78, 5) is 41.4. The zero-order valence-corrected chi connectivity index (χ0v) is 32.4. The van der Waals surface area contributed by atoms with Crippen LogP contribution in [0.15, 0.2) is 90.7 Å². The van der Waals surface area contributed by atoms with E-state index in [0.29, 0.717) is 18.0 Å². The van der Waals surface area contributed by atoms with Crippen molar-refractivity contribution in [3.05, 3.63) is 97.0 Å². The van der Waals surface area contributed by atoms with E-state index in [1.807, 2.05) is 60.5 Å². The quantitative estimate of drug-likeness (QED) is 0.100. The highest BCUT2D eigenvalue weighted by molar-refractivity contribution is 6.06. The van der Waals surface area contributed by atoms with E-state index >= 15 is 0 Å². The molecule has 2 fully saturated rings. The minimum Gasteiger partial charge on any atom is -0.371 e. The Morgan fingerprint density at radius 3 is 2.05 bits per heavy atom. The van der Waals surface area contributed by atoms with Gasteiger partial charge in [0.15, 0.2) is 5.82 Å². The molecule has 290 valence electrons. The van der Waals surface area contributed by atoms with Crippen molar-refractivity contribution in [2.45, 2.75) is 51.9 Å². The maximum Gasteiger partial charge on any atom is 0.240 e. The van der Waals surface area contributed by atoms with Crippen LogP contribution in [-0.2, 0) is 6.42 Å². The van der Waals surface area contributed by atoms with Crippen molar-refractivity contribution in [1.29, 1.82) is 0 Å². The molecular formula is C44H44N14. The van der Waals surface area contributed by atoms with E-state index in [0.717, 1.165) is 99.3 Å². The van der Waals surface area contributed by atoms with Crippen LogP contribution in [0.1, 0.15) is 56.7 Å². The van der Waals surface area contributed by atoms with Gasteiger partial charge in [0.2, 0.25) is 11.6 Å². The van der Waals surface area contributed by atoms with Gasteiger partial charge in [-0.05, 0) is 100 Å². The van der Waals surface area contributed by atoms with Gasteiger partial charge in [-0.15, -0.1) is 0 Å². The second-order valence-electron chi connectivity index (χ2n) is 15.4.